The Kier molecular flexibility index (Phi) is 6.25. The van der Waals surface area contributed by atoms with Crippen LogP contribution in [0.3, 0.4) is 0 Å². The number of hydrogen-bond donors (Lipinski definition) is 1. The lowest BCUT2D eigenvalue weighted by atomic mass is 10.2. The monoisotopic (exact) mass is 419 g/mol. The van der Waals surface area contributed by atoms with Crippen LogP contribution in [-0.2, 0) is 4.79 Å². The van der Waals surface area contributed by atoms with Crippen LogP contribution < -0.4 is 15.1 Å². The Bertz CT molecular complexity index is 1030. The first-order chi connectivity index (χ1) is 14.7. The molecule has 152 valence electrons. The predicted octanol–water partition coefficient (Wildman–Crippen LogP) is 4.11. The van der Waals surface area contributed by atoms with Gasteiger partial charge in [-0.1, -0.05) is 48.0 Å². The molecule has 1 aliphatic rings. The van der Waals surface area contributed by atoms with Crippen molar-refractivity contribution >= 4 is 40.9 Å². The SMILES string of the molecule is O=C(/C=C/c1ccccc1Cl)Nc1cc(N2CCN(c3ccccc3)CC2)ncn1. The molecule has 1 aliphatic heterocycles. The highest BCUT2D eigenvalue weighted by Gasteiger charge is 2.18. The van der Waals surface area contributed by atoms with E-state index in [2.05, 4.69) is 49.4 Å². The highest BCUT2D eigenvalue weighted by atomic mass is 35.5. The molecule has 1 aromatic heterocycles. The van der Waals surface area contributed by atoms with Gasteiger partial charge in [-0.3, -0.25) is 4.79 Å². The van der Waals surface area contributed by atoms with Gasteiger partial charge in [-0.15, -0.1) is 0 Å². The van der Waals surface area contributed by atoms with E-state index < -0.39 is 0 Å². The maximum Gasteiger partial charge on any atom is 0.249 e. The fraction of sp³-hybridized carbons (Fsp3) is 0.174. The van der Waals surface area contributed by atoms with Gasteiger partial charge < -0.3 is 15.1 Å². The normalized spacial score (nSPS) is 14.2. The van der Waals surface area contributed by atoms with Crippen LogP contribution in [0.25, 0.3) is 6.08 Å². The van der Waals surface area contributed by atoms with Gasteiger partial charge in [0.05, 0.1) is 0 Å². The van der Waals surface area contributed by atoms with Crippen LogP contribution in [-0.4, -0.2) is 42.1 Å². The maximum absolute atomic E-state index is 12.3. The third kappa shape index (κ3) is 4.96. The van der Waals surface area contributed by atoms with E-state index in [4.69, 9.17) is 11.6 Å². The molecule has 1 amide bonds. The Morgan fingerprint density at radius 2 is 1.63 bits per heavy atom. The van der Waals surface area contributed by atoms with E-state index in [-0.39, 0.29) is 5.91 Å². The molecule has 1 N–H and O–H groups in total. The van der Waals surface area contributed by atoms with Gasteiger partial charge in [0.2, 0.25) is 5.91 Å². The summed E-state index contributed by atoms with van der Waals surface area (Å²) in [6, 6.07) is 19.6. The molecule has 4 rings (SSSR count). The molecular weight excluding hydrogens is 398 g/mol. The number of amides is 1. The molecular formula is C23H22ClN5O. The molecule has 0 radical (unpaired) electrons. The zero-order chi connectivity index (χ0) is 20.8. The van der Waals surface area contributed by atoms with Gasteiger partial charge in [0.15, 0.2) is 0 Å². The highest BCUT2D eigenvalue weighted by Crippen LogP contribution is 2.20. The molecule has 30 heavy (non-hydrogen) atoms. The van der Waals surface area contributed by atoms with E-state index in [1.165, 1.54) is 18.1 Å². The molecule has 0 saturated carbocycles. The van der Waals surface area contributed by atoms with Crippen molar-refractivity contribution < 1.29 is 4.79 Å². The Morgan fingerprint density at radius 3 is 2.40 bits per heavy atom. The van der Waals surface area contributed by atoms with Gasteiger partial charge in [-0.25, -0.2) is 9.97 Å². The largest absolute Gasteiger partial charge is 0.368 e. The van der Waals surface area contributed by atoms with Gasteiger partial charge in [0.25, 0.3) is 0 Å². The maximum atomic E-state index is 12.3. The third-order valence-electron chi connectivity index (χ3n) is 4.95. The molecule has 7 heteroatoms. The van der Waals surface area contributed by atoms with E-state index >= 15 is 0 Å². The zero-order valence-electron chi connectivity index (χ0n) is 16.4. The second-order valence-electron chi connectivity index (χ2n) is 6.92. The van der Waals surface area contributed by atoms with Crippen molar-refractivity contribution in [2.45, 2.75) is 0 Å². The number of hydrogen-bond acceptors (Lipinski definition) is 5. The Hall–Kier alpha value is -3.38. The first-order valence-electron chi connectivity index (χ1n) is 9.79. The van der Waals surface area contributed by atoms with Gasteiger partial charge in [0, 0.05) is 49.0 Å². The number of anilines is 3. The summed E-state index contributed by atoms with van der Waals surface area (Å²) in [6.45, 7) is 3.53. The lowest BCUT2D eigenvalue weighted by molar-refractivity contribution is -0.111. The zero-order valence-corrected chi connectivity index (χ0v) is 17.2. The second-order valence-corrected chi connectivity index (χ2v) is 7.32. The summed E-state index contributed by atoms with van der Waals surface area (Å²) in [4.78, 5) is 25.4. The quantitative estimate of drug-likeness (QED) is 0.630. The highest BCUT2D eigenvalue weighted by molar-refractivity contribution is 6.32. The van der Waals surface area contributed by atoms with Crippen LogP contribution in [0.1, 0.15) is 5.56 Å². The molecule has 3 aromatic rings. The number of nitrogens with one attached hydrogen (secondary N) is 1. The van der Waals surface area contributed by atoms with Crippen LogP contribution >= 0.6 is 11.6 Å². The van der Waals surface area contributed by atoms with Gasteiger partial charge in [-0.2, -0.15) is 0 Å². The topological polar surface area (TPSA) is 61.4 Å². The molecule has 6 nitrogen and oxygen atoms in total. The van der Waals surface area contributed by atoms with Crippen LogP contribution in [0, 0.1) is 0 Å². The van der Waals surface area contributed by atoms with Crippen LogP contribution in [0.15, 0.2) is 73.1 Å². The summed E-state index contributed by atoms with van der Waals surface area (Å²) in [5.74, 6) is 1.01. The average Bonchev–Trinajstić information content (AvgIpc) is 2.79. The lowest BCUT2D eigenvalue weighted by Gasteiger charge is -2.36. The summed E-state index contributed by atoms with van der Waals surface area (Å²) >= 11 is 6.11. The number of carbonyl (C=O) groups excluding carboxylic acids is 1. The van der Waals surface area contributed by atoms with E-state index in [1.54, 1.807) is 18.2 Å². The summed E-state index contributed by atoms with van der Waals surface area (Å²) in [5.41, 5.74) is 2.02. The summed E-state index contributed by atoms with van der Waals surface area (Å²) < 4.78 is 0. The molecule has 1 saturated heterocycles. The molecule has 0 aliphatic carbocycles. The number of carbonyl (C=O) groups is 1. The standard InChI is InChI=1S/C23H22ClN5O/c24-20-9-5-4-6-18(20)10-11-23(30)27-21-16-22(26-17-25-21)29-14-12-28(13-15-29)19-7-2-1-3-8-19/h1-11,16-17H,12-15H2,(H,25,26,27,30)/b11-10+. The van der Waals surface area contributed by atoms with Crippen molar-refractivity contribution in [1.82, 2.24) is 9.97 Å². The fourth-order valence-corrected chi connectivity index (χ4v) is 3.56. The molecule has 2 heterocycles. The van der Waals surface area contributed by atoms with E-state index in [0.717, 1.165) is 37.6 Å². The Morgan fingerprint density at radius 1 is 0.933 bits per heavy atom. The van der Waals surface area contributed by atoms with Gasteiger partial charge in [0.1, 0.15) is 18.0 Å². The minimum absolute atomic E-state index is 0.270. The van der Waals surface area contributed by atoms with Crippen LogP contribution in [0.2, 0.25) is 5.02 Å². The lowest BCUT2D eigenvalue weighted by Crippen LogP contribution is -2.46. The van der Waals surface area contributed by atoms with Crippen molar-refractivity contribution in [2.24, 2.45) is 0 Å². The summed E-state index contributed by atoms with van der Waals surface area (Å²) in [6.07, 6.45) is 4.61. The van der Waals surface area contributed by atoms with Crippen molar-refractivity contribution in [1.29, 1.82) is 0 Å². The number of rotatable bonds is 5. The summed E-state index contributed by atoms with van der Waals surface area (Å²) in [7, 11) is 0. The number of para-hydroxylation sites is 1. The van der Waals surface area contributed by atoms with E-state index in [0.29, 0.717) is 10.8 Å². The smallest absolute Gasteiger partial charge is 0.249 e. The average molecular weight is 420 g/mol. The molecule has 0 spiro atoms. The van der Waals surface area contributed by atoms with Crippen molar-refractivity contribution in [2.75, 3.05) is 41.3 Å². The number of nitrogens with zero attached hydrogens (tertiary/aromatic N) is 4. The van der Waals surface area contributed by atoms with Gasteiger partial charge >= 0.3 is 0 Å². The number of piperazine rings is 1. The van der Waals surface area contributed by atoms with Crippen molar-refractivity contribution in [3.05, 3.63) is 83.7 Å². The predicted molar refractivity (Wildman–Crippen MR) is 122 cm³/mol. The van der Waals surface area contributed by atoms with Crippen LogP contribution in [0.4, 0.5) is 17.3 Å². The molecule has 2 aromatic carbocycles. The van der Waals surface area contributed by atoms with Gasteiger partial charge in [-0.05, 0) is 29.8 Å². The Balaban J connectivity index is 1.36. The third-order valence-corrected chi connectivity index (χ3v) is 5.29. The number of benzene rings is 2. The number of halogens is 1. The first kappa shape index (κ1) is 19.9. The van der Waals surface area contributed by atoms with Crippen molar-refractivity contribution in [3.63, 3.8) is 0 Å². The van der Waals surface area contributed by atoms with E-state index in [1.807, 2.05) is 24.3 Å². The van der Waals surface area contributed by atoms with Crippen molar-refractivity contribution in [3.8, 4) is 0 Å². The Labute approximate surface area is 180 Å². The fourth-order valence-electron chi connectivity index (χ4n) is 3.36. The molecule has 0 atom stereocenters. The molecule has 0 unspecified atom stereocenters. The molecule has 1 fully saturated rings. The second kappa shape index (κ2) is 9.41. The van der Waals surface area contributed by atoms with E-state index in [9.17, 15) is 4.79 Å². The molecule has 0 bridgehead atoms. The number of aromatic nitrogens is 2. The minimum atomic E-state index is -0.270. The minimum Gasteiger partial charge on any atom is -0.368 e. The summed E-state index contributed by atoms with van der Waals surface area (Å²) in [5, 5.41) is 3.39. The first-order valence-corrected chi connectivity index (χ1v) is 10.2. The van der Waals surface area contributed by atoms with Crippen LogP contribution in [0.5, 0.6) is 0 Å².